The van der Waals surface area contributed by atoms with Crippen molar-refractivity contribution in [2.45, 2.75) is 0 Å². The molecular formula is C4H4NO4P. The molecule has 0 aromatic heterocycles. The second-order valence-corrected chi connectivity index (χ2v) is 1.70. The van der Waals surface area contributed by atoms with Crippen molar-refractivity contribution in [3.05, 3.63) is 0 Å². The van der Waals surface area contributed by atoms with E-state index in [0.29, 0.717) is 4.90 Å². The van der Waals surface area contributed by atoms with Crippen LogP contribution < -0.4 is 0 Å². The fourth-order valence-corrected chi connectivity index (χ4v) is 0.517. The molecule has 0 rings (SSSR count). The van der Waals surface area contributed by atoms with Crippen molar-refractivity contribution < 1.29 is 19.3 Å². The van der Waals surface area contributed by atoms with E-state index < -0.39 is 20.4 Å². The normalized spacial score (nSPS) is 7.60. The van der Waals surface area contributed by atoms with Gasteiger partial charge in [0, 0.05) is 0 Å². The third-order valence-electron chi connectivity index (χ3n) is 0.602. The van der Waals surface area contributed by atoms with Crippen LogP contribution in [-0.4, -0.2) is 28.9 Å². The minimum absolute atomic E-state index is 0.235. The van der Waals surface area contributed by atoms with E-state index in [4.69, 9.17) is 5.11 Å². The summed E-state index contributed by atoms with van der Waals surface area (Å²) in [5, 5.41) is 8.10. The van der Waals surface area contributed by atoms with Gasteiger partial charge in [-0.25, -0.2) is 0 Å². The van der Waals surface area contributed by atoms with Crippen molar-refractivity contribution in [1.29, 1.82) is 0 Å². The molecule has 10 heavy (non-hydrogen) atoms. The van der Waals surface area contributed by atoms with Crippen molar-refractivity contribution in [3.8, 4) is 5.75 Å². The number of nitrogens with zero attached hydrogens (tertiary/aromatic N) is 1. The van der Waals surface area contributed by atoms with E-state index in [9.17, 15) is 14.2 Å². The monoisotopic (exact) mass is 161 g/mol. The van der Waals surface area contributed by atoms with Gasteiger partial charge in [0.05, 0.1) is 0 Å². The minimum atomic E-state index is -1.18. The van der Waals surface area contributed by atoms with Crippen LogP contribution in [0.3, 0.4) is 0 Å². The number of carbonyl (C=O) groups is 2. The van der Waals surface area contributed by atoms with Gasteiger partial charge >= 0.3 is 56.8 Å². The van der Waals surface area contributed by atoms with Gasteiger partial charge in [-0.15, -0.1) is 0 Å². The number of rotatable bonds is 3. The van der Waals surface area contributed by atoms with Gasteiger partial charge in [0.15, 0.2) is 0 Å². The van der Waals surface area contributed by atoms with E-state index >= 15 is 0 Å². The Morgan fingerprint density at radius 1 is 1.80 bits per heavy atom. The summed E-state index contributed by atoms with van der Waals surface area (Å²) < 4.78 is 9.75. The first-order valence-electron chi connectivity index (χ1n) is 2.22. The molecule has 0 heterocycles. The third kappa shape index (κ3) is 3.89. The second kappa shape index (κ2) is 4.79. The molecule has 0 radical (unpaired) electrons. The molecule has 0 aliphatic heterocycles. The van der Waals surface area contributed by atoms with Gasteiger partial charge in [0.1, 0.15) is 0 Å². The number of carboxylic acids is 1. The molecule has 0 aliphatic carbocycles. The van der Waals surface area contributed by atoms with Gasteiger partial charge in [-0.2, -0.15) is 0 Å². The number of carbonyl (C=O) groups excluding carboxylic acids is 1. The van der Waals surface area contributed by atoms with Crippen LogP contribution in [0.5, 0.6) is 0 Å². The van der Waals surface area contributed by atoms with Crippen molar-refractivity contribution in [1.82, 2.24) is 4.90 Å². The zero-order valence-corrected chi connectivity index (χ0v) is 5.75. The van der Waals surface area contributed by atoms with E-state index in [1.54, 1.807) is 0 Å². The molecule has 0 atom stereocenters. The van der Waals surface area contributed by atoms with Gasteiger partial charge in [0.2, 0.25) is 0 Å². The van der Waals surface area contributed by atoms with Gasteiger partial charge in [-0.05, 0) is 0 Å². The number of carboxylic acid groups (broad SMARTS) is 1. The molecule has 0 unspecified atom stereocenters. The molecule has 0 fully saturated rings. The van der Waals surface area contributed by atoms with Crippen LogP contribution >= 0.6 is 7.92 Å². The van der Waals surface area contributed by atoms with Gasteiger partial charge in [0.25, 0.3) is 0 Å². The van der Waals surface area contributed by atoms with E-state index in [1.807, 2.05) is 5.75 Å². The maximum absolute atomic E-state index is 9.90. The molecule has 0 saturated carbocycles. The quantitative estimate of drug-likeness (QED) is 0.351. The van der Waals surface area contributed by atoms with Crippen molar-refractivity contribution >= 4 is 20.3 Å². The Labute approximate surface area is 57.8 Å². The number of hydrogen-bond acceptors (Lipinski definition) is 3. The SMILES string of the molecule is O=CN(C#P=O)CC(=O)O. The van der Waals surface area contributed by atoms with Crippen LogP contribution in [-0.2, 0) is 14.2 Å². The summed E-state index contributed by atoms with van der Waals surface area (Å²) >= 11 is 0. The molecule has 54 valence electrons. The summed E-state index contributed by atoms with van der Waals surface area (Å²) in [6.45, 7) is -0.515. The van der Waals surface area contributed by atoms with E-state index in [-0.39, 0.29) is 6.41 Å². The zero-order chi connectivity index (χ0) is 7.98. The Bertz CT molecular complexity index is 231. The molecule has 0 aromatic rings. The third-order valence-corrected chi connectivity index (χ3v) is 0.941. The zero-order valence-electron chi connectivity index (χ0n) is 4.85. The Hall–Kier alpha value is -1.05. The second-order valence-electron chi connectivity index (χ2n) is 1.32. The first-order chi connectivity index (χ1) is 4.70. The molecule has 5 nitrogen and oxygen atoms in total. The molecule has 6 heteroatoms. The molecule has 0 aliphatic rings. The predicted octanol–water partition coefficient (Wildman–Crippen LogP) is -0.262. The maximum atomic E-state index is 9.90. The molecule has 1 N–H and O–H groups in total. The predicted molar refractivity (Wildman–Crippen MR) is 31.9 cm³/mol. The molecule has 0 spiro atoms. The molecule has 0 saturated heterocycles. The average Bonchev–Trinajstić information content (AvgIpc) is 1.86. The summed E-state index contributed by atoms with van der Waals surface area (Å²) in [5.74, 6) is 0.787. The van der Waals surface area contributed by atoms with Crippen LogP contribution in [0.1, 0.15) is 0 Å². The standard InChI is InChI=1S/C4H4NO4P/c6-2-5(3-10-9)1-4(7)8/h2H,1H2,(H,7,8). The summed E-state index contributed by atoms with van der Waals surface area (Å²) in [7, 11) is -0.508. The molecule has 1 amide bonds. The Kier molecular flexibility index (Phi) is 4.29. The van der Waals surface area contributed by atoms with Crippen LogP contribution in [0.15, 0.2) is 0 Å². The summed E-state index contributed by atoms with van der Waals surface area (Å²) in [6.07, 6.45) is 0.235. The van der Waals surface area contributed by atoms with Crippen LogP contribution in [0, 0.1) is 5.75 Å². The first-order valence-corrected chi connectivity index (χ1v) is 3.03. The Morgan fingerprint density at radius 2 is 2.40 bits per heavy atom. The summed E-state index contributed by atoms with van der Waals surface area (Å²) in [5.41, 5.74) is 0. The summed E-state index contributed by atoms with van der Waals surface area (Å²) in [4.78, 5) is 20.4. The van der Waals surface area contributed by atoms with Crippen LogP contribution in [0.25, 0.3) is 0 Å². The van der Waals surface area contributed by atoms with Gasteiger partial charge in [-0.1, -0.05) is 0 Å². The van der Waals surface area contributed by atoms with Crippen molar-refractivity contribution in [2.75, 3.05) is 6.54 Å². The van der Waals surface area contributed by atoms with Gasteiger partial charge < -0.3 is 0 Å². The van der Waals surface area contributed by atoms with E-state index in [2.05, 4.69) is 0 Å². The number of aliphatic carboxylic acids is 1. The molecular weight excluding hydrogens is 157 g/mol. The van der Waals surface area contributed by atoms with E-state index in [0.717, 1.165) is 0 Å². The van der Waals surface area contributed by atoms with Crippen molar-refractivity contribution in [2.24, 2.45) is 0 Å². The topological polar surface area (TPSA) is 74.7 Å². The van der Waals surface area contributed by atoms with E-state index in [1.165, 1.54) is 0 Å². The number of amides is 1. The fourth-order valence-electron chi connectivity index (χ4n) is 0.294. The van der Waals surface area contributed by atoms with Gasteiger partial charge in [-0.3, -0.25) is 0 Å². The molecule has 0 bridgehead atoms. The number of hydrogen-bond donors (Lipinski definition) is 1. The fraction of sp³-hybridized carbons (Fsp3) is 0.250. The Morgan fingerprint density at radius 3 is 2.70 bits per heavy atom. The van der Waals surface area contributed by atoms with Crippen LogP contribution in [0.4, 0.5) is 0 Å². The average molecular weight is 161 g/mol. The molecule has 0 aromatic carbocycles. The Balaban J connectivity index is 4.04. The summed E-state index contributed by atoms with van der Waals surface area (Å²) in [6, 6.07) is 0. The van der Waals surface area contributed by atoms with Crippen LogP contribution in [0.2, 0.25) is 0 Å². The first kappa shape index (κ1) is 8.95. The van der Waals surface area contributed by atoms with Crippen molar-refractivity contribution in [3.63, 3.8) is 0 Å².